The molecule has 1 N–H and O–H groups in total. The highest BCUT2D eigenvalue weighted by atomic mass is 16.3. The van der Waals surface area contributed by atoms with Crippen LogP contribution in [0.4, 0.5) is 0 Å². The Hall–Kier alpha value is -1.15. The molecule has 1 fully saturated rings. The second-order valence-electron chi connectivity index (χ2n) is 6.18. The minimum atomic E-state index is -1.06. The number of carbonyl (C=O) groups excluding carboxylic acids is 1. The van der Waals surface area contributed by atoms with E-state index in [1.54, 1.807) is 0 Å². The van der Waals surface area contributed by atoms with Crippen LogP contribution in [0, 0.1) is 0 Å². The first-order valence-corrected chi connectivity index (χ1v) is 7.25. The Balaban J connectivity index is 2.03. The van der Waals surface area contributed by atoms with Crippen LogP contribution in [0.2, 0.25) is 0 Å². The molecule has 1 aromatic carbocycles. The first kappa shape index (κ1) is 14.3. The summed E-state index contributed by atoms with van der Waals surface area (Å²) in [4.78, 5) is 11.4. The summed E-state index contributed by atoms with van der Waals surface area (Å²) in [6.45, 7) is 5.89. The van der Waals surface area contributed by atoms with Gasteiger partial charge in [0.2, 0.25) is 0 Å². The van der Waals surface area contributed by atoms with E-state index in [1.165, 1.54) is 18.1 Å². The van der Waals surface area contributed by atoms with E-state index in [9.17, 15) is 9.90 Å². The summed E-state index contributed by atoms with van der Waals surface area (Å²) in [6, 6.07) is 8.81. The van der Waals surface area contributed by atoms with E-state index in [0.717, 1.165) is 12.8 Å². The fourth-order valence-electron chi connectivity index (χ4n) is 2.93. The lowest BCUT2D eigenvalue weighted by Crippen LogP contribution is -2.40. The highest BCUT2D eigenvalue weighted by Gasteiger charge is 2.37. The largest absolute Gasteiger partial charge is 0.382 e. The molecule has 2 heteroatoms. The standard InChI is InChI=1S/C17H24O2/c1-12(2)14-4-6-15(7-5-14)16-8-10-17(19,11-9-16)13(3)18/h4-7,12,16,19H,8-11H2,1-3H3. The molecule has 0 radical (unpaired) electrons. The monoisotopic (exact) mass is 260 g/mol. The van der Waals surface area contributed by atoms with E-state index >= 15 is 0 Å². The van der Waals surface area contributed by atoms with E-state index < -0.39 is 5.60 Å². The van der Waals surface area contributed by atoms with Crippen molar-refractivity contribution < 1.29 is 9.90 Å². The zero-order valence-corrected chi connectivity index (χ0v) is 12.1. The first-order valence-electron chi connectivity index (χ1n) is 7.25. The molecule has 1 aromatic rings. The Morgan fingerprint density at radius 2 is 1.74 bits per heavy atom. The SMILES string of the molecule is CC(=O)C1(O)CCC(c2ccc(C(C)C)cc2)CC1. The van der Waals surface area contributed by atoms with E-state index in [0.29, 0.717) is 24.7 Å². The van der Waals surface area contributed by atoms with Gasteiger partial charge in [-0.25, -0.2) is 0 Å². The molecule has 1 saturated carbocycles. The number of rotatable bonds is 3. The van der Waals surface area contributed by atoms with Gasteiger partial charge in [0.05, 0.1) is 0 Å². The number of benzene rings is 1. The van der Waals surface area contributed by atoms with Crippen molar-refractivity contribution in [3.63, 3.8) is 0 Å². The average molecular weight is 260 g/mol. The Morgan fingerprint density at radius 3 is 2.16 bits per heavy atom. The number of aliphatic hydroxyl groups is 1. The van der Waals surface area contributed by atoms with Gasteiger partial charge >= 0.3 is 0 Å². The Bertz CT molecular complexity index is 437. The minimum absolute atomic E-state index is 0.0823. The highest BCUT2D eigenvalue weighted by Crippen LogP contribution is 2.38. The maximum atomic E-state index is 11.4. The van der Waals surface area contributed by atoms with Crippen molar-refractivity contribution in [3.8, 4) is 0 Å². The lowest BCUT2D eigenvalue weighted by molar-refractivity contribution is -0.138. The number of hydrogen-bond acceptors (Lipinski definition) is 2. The van der Waals surface area contributed by atoms with Crippen LogP contribution in [0.5, 0.6) is 0 Å². The van der Waals surface area contributed by atoms with Gasteiger partial charge in [0.25, 0.3) is 0 Å². The second kappa shape index (κ2) is 5.46. The highest BCUT2D eigenvalue weighted by molar-refractivity contribution is 5.84. The van der Waals surface area contributed by atoms with Gasteiger partial charge in [0.1, 0.15) is 5.60 Å². The molecule has 19 heavy (non-hydrogen) atoms. The molecule has 0 saturated heterocycles. The van der Waals surface area contributed by atoms with Crippen LogP contribution in [0.15, 0.2) is 24.3 Å². The van der Waals surface area contributed by atoms with E-state index in [4.69, 9.17) is 0 Å². The molecule has 2 nitrogen and oxygen atoms in total. The quantitative estimate of drug-likeness (QED) is 0.897. The zero-order valence-electron chi connectivity index (χ0n) is 12.1. The van der Waals surface area contributed by atoms with Crippen LogP contribution in [0.1, 0.15) is 69.4 Å². The summed E-state index contributed by atoms with van der Waals surface area (Å²) in [5.74, 6) is 0.963. The molecule has 1 aliphatic carbocycles. The molecule has 0 amide bonds. The fourth-order valence-corrected chi connectivity index (χ4v) is 2.93. The summed E-state index contributed by atoms with van der Waals surface area (Å²) in [7, 11) is 0. The van der Waals surface area contributed by atoms with Gasteiger partial charge in [-0.1, -0.05) is 38.1 Å². The van der Waals surface area contributed by atoms with Gasteiger partial charge in [-0.3, -0.25) is 4.79 Å². The lowest BCUT2D eigenvalue weighted by atomic mass is 9.74. The van der Waals surface area contributed by atoms with Crippen molar-refractivity contribution in [2.24, 2.45) is 0 Å². The van der Waals surface area contributed by atoms with Crippen LogP contribution in [-0.4, -0.2) is 16.5 Å². The second-order valence-corrected chi connectivity index (χ2v) is 6.18. The van der Waals surface area contributed by atoms with Gasteiger partial charge in [0, 0.05) is 0 Å². The van der Waals surface area contributed by atoms with Gasteiger partial charge in [-0.15, -0.1) is 0 Å². The van der Waals surface area contributed by atoms with Gasteiger partial charge in [-0.2, -0.15) is 0 Å². The predicted molar refractivity (Wildman–Crippen MR) is 77.4 cm³/mol. The Labute approximate surface area is 115 Å². The molecule has 0 atom stereocenters. The van der Waals surface area contributed by atoms with E-state index in [1.807, 2.05) is 0 Å². The molecule has 0 aliphatic heterocycles. The van der Waals surface area contributed by atoms with Crippen LogP contribution in [-0.2, 0) is 4.79 Å². The van der Waals surface area contributed by atoms with Crippen molar-refractivity contribution in [2.45, 2.75) is 63.9 Å². The summed E-state index contributed by atoms with van der Waals surface area (Å²) in [5, 5.41) is 10.2. The number of carbonyl (C=O) groups is 1. The molecule has 2 rings (SSSR count). The Morgan fingerprint density at radius 1 is 1.21 bits per heavy atom. The van der Waals surface area contributed by atoms with Crippen molar-refractivity contribution in [2.75, 3.05) is 0 Å². The number of hydrogen-bond donors (Lipinski definition) is 1. The minimum Gasteiger partial charge on any atom is -0.382 e. The normalized spacial score (nSPS) is 27.5. The molecule has 0 unspecified atom stereocenters. The zero-order chi connectivity index (χ0) is 14.0. The van der Waals surface area contributed by atoms with E-state index in [2.05, 4.69) is 38.1 Å². The topological polar surface area (TPSA) is 37.3 Å². The maximum absolute atomic E-state index is 11.4. The molecule has 0 bridgehead atoms. The molecular formula is C17H24O2. The smallest absolute Gasteiger partial charge is 0.161 e. The number of ketones is 1. The van der Waals surface area contributed by atoms with Crippen molar-refractivity contribution in [3.05, 3.63) is 35.4 Å². The van der Waals surface area contributed by atoms with Gasteiger partial charge in [-0.05, 0) is 55.6 Å². The van der Waals surface area contributed by atoms with Crippen LogP contribution >= 0.6 is 0 Å². The summed E-state index contributed by atoms with van der Waals surface area (Å²) < 4.78 is 0. The van der Waals surface area contributed by atoms with Gasteiger partial charge in [0.15, 0.2) is 5.78 Å². The fraction of sp³-hybridized carbons (Fsp3) is 0.588. The molecule has 104 valence electrons. The van der Waals surface area contributed by atoms with Crippen LogP contribution in [0.25, 0.3) is 0 Å². The third kappa shape index (κ3) is 3.06. The van der Waals surface area contributed by atoms with Crippen molar-refractivity contribution in [1.29, 1.82) is 0 Å². The molecule has 1 aliphatic rings. The predicted octanol–water partition coefficient (Wildman–Crippen LogP) is 3.79. The van der Waals surface area contributed by atoms with Crippen LogP contribution < -0.4 is 0 Å². The maximum Gasteiger partial charge on any atom is 0.161 e. The van der Waals surface area contributed by atoms with Gasteiger partial charge < -0.3 is 5.11 Å². The van der Waals surface area contributed by atoms with Crippen molar-refractivity contribution in [1.82, 2.24) is 0 Å². The third-order valence-corrected chi connectivity index (χ3v) is 4.54. The summed E-state index contributed by atoms with van der Waals surface area (Å²) in [6.07, 6.45) is 2.99. The van der Waals surface area contributed by atoms with E-state index in [-0.39, 0.29) is 5.78 Å². The van der Waals surface area contributed by atoms with Crippen LogP contribution in [0.3, 0.4) is 0 Å². The van der Waals surface area contributed by atoms with Crippen molar-refractivity contribution >= 4 is 5.78 Å². The Kier molecular flexibility index (Phi) is 4.10. The molecule has 0 heterocycles. The molecule has 0 spiro atoms. The lowest BCUT2D eigenvalue weighted by Gasteiger charge is -2.34. The summed E-state index contributed by atoms with van der Waals surface area (Å²) >= 11 is 0. The first-order chi connectivity index (χ1) is 8.92. The molecule has 0 aromatic heterocycles. The third-order valence-electron chi connectivity index (χ3n) is 4.54. The molecular weight excluding hydrogens is 236 g/mol. The number of Topliss-reactive ketones (excluding diaryl/α,β-unsaturated/α-hetero) is 1. The summed E-state index contributed by atoms with van der Waals surface area (Å²) in [5.41, 5.74) is 1.64. The average Bonchev–Trinajstić information content (AvgIpc) is 2.39.